The van der Waals surface area contributed by atoms with Crippen molar-refractivity contribution in [1.82, 2.24) is 8.97 Å². The zero-order valence-corrected chi connectivity index (χ0v) is 6.69. The van der Waals surface area contributed by atoms with E-state index >= 15 is 0 Å². The lowest BCUT2D eigenvalue weighted by atomic mass is 10.5. The van der Waals surface area contributed by atoms with Crippen LogP contribution in [0.2, 0.25) is 0 Å². The van der Waals surface area contributed by atoms with Gasteiger partial charge in [-0.1, -0.05) is 0 Å². The highest BCUT2D eigenvalue weighted by Gasteiger charge is 2.01. The number of hydrogen-bond acceptors (Lipinski definition) is 2. The van der Waals surface area contributed by atoms with Crippen molar-refractivity contribution < 1.29 is 0 Å². The molecule has 0 fully saturated rings. The molecule has 0 saturated heterocycles. The summed E-state index contributed by atoms with van der Waals surface area (Å²) in [6.45, 7) is 0. The van der Waals surface area contributed by atoms with Crippen LogP contribution in [0.1, 0.15) is 0 Å². The van der Waals surface area contributed by atoms with Gasteiger partial charge in [-0.3, -0.25) is 9.20 Å². The maximum absolute atomic E-state index is 11.4. The Morgan fingerprint density at radius 2 is 2.25 bits per heavy atom. The molecular weight excluding hydrogens is 154 g/mol. The number of hydrogen-bond donors (Lipinski definition) is 1. The van der Waals surface area contributed by atoms with Crippen LogP contribution >= 0.6 is 0 Å². The third-order valence-corrected chi connectivity index (χ3v) is 1.89. The summed E-state index contributed by atoms with van der Waals surface area (Å²) in [7, 11) is 1.69. The van der Waals surface area contributed by atoms with E-state index in [1.54, 1.807) is 36.0 Å². The monoisotopic (exact) mass is 163 g/mol. The molecule has 2 rings (SSSR count). The van der Waals surface area contributed by atoms with Gasteiger partial charge in [-0.15, -0.1) is 0 Å². The number of anilines is 1. The summed E-state index contributed by atoms with van der Waals surface area (Å²) in [4.78, 5) is 11.4. The molecule has 0 unspecified atom stereocenters. The maximum Gasteiger partial charge on any atom is 0.274 e. The minimum atomic E-state index is -0.0331. The van der Waals surface area contributed by atoms with Gasteiger partial charge in [0.25, 0.3) is 5.56 Å². The smallest absolute Gasteiger partial charge is 0.274 e. The standard InChI is InChI=1S/C8H9N3O/c1-10-5-7(9)11-4-2-3-6(11)8(10)12/h2-5H,9H2,1H3. The van der Waals surface area contributed by atoms with Crippen molar-refractivity contribution in [3.63, 3.8) is 0 Å². The van der Waals surface area contributed by atoms with Crippen molar-refractivity contribution in [3.05, 3.63) is 34.9 Å². The molecule has 2 heterocycles. The molecule has 0 aromatic carbocycles. The summed E-state index contributed by atoms with van der Waals surface area (Å²) in [5, 5.41) is 0. The average Bonchev–Trinajstić information content (AvgIpc) is 2.48. The second-order valence-corrected chi connectivity index (χ2v) is 2.73. The first-order valence-electron chi connectivity index (χ1n) is 3.62. The van der Waals surface area contributed by atoms with Gasteiger partial charge < -0.3 is 10.3 Å². The van der Waals surface area contributed by atoms with E-state index in [2.05, 4.69) is 0 Å². The molecule has 0 aliphatic heterocycles. The number of aromatic nitrogens is 2. The van der Waals surface area contributed by atoms with E-state index in [-0.39, 0.29) is 5.56 Å². The third-order valence-electron chi connectivity index (χ3n) is 1.89. The number of fused-ring (bicyclic) bond motifs is 1. The first-order valence-corrected chi connectivity index (χ1v) is 3.62. The molecule has 0 amide bonds. The van der Waals surface area contributed by atoms with Gasteiger partial charge in [0.1, 0.15) is 11.3 Å². The first kappa shape index (κ1) is 6.97. The average molecular weight is 163 g/mol. The Morgan fingerprint density at radius 3 is 3.00 bits per heavy atom. The molecule has 2 N–H and O–H groups in total. The first-order chi connectivity index (χ1) is 5.70. The van der Waals surface area contributed by atoms with Gasteiger partial charge in [-0.2, -0.15) is 0 Å². The number of nitrogens with two attached hydrogens (primary N) is 1. The molecule has 12 heavy (non-hydrogen) atoms. The van der Waals surface area contributed by atoms with Crippen molar-refractivity contribution in [2.75, 3.05) is 5.73 Å². The van der Waals surface area contributed by atoms with Gasteiger partial charge in [0.05, 0.1) is 0 Å². The second-order valence-electron chi connectivity index (χ2n) is 2.73. The molecule has 4 heteroatoms. The minimum absolute atomic E-state index is 0.0331. The summed E-state index contributed by atoms with van der Waals surface area (Å²) in [5.74, 6) is 0.567. The highest BCUT2D eigenvalue weighted by molar-refractivity contribution is 5.51. The largest absolute Gasteiger partial charge is 0.384 e. The topological polar surface area (TPSA) is 52.4 Å². The van der Waals surface area contributed by atoms with Crippen molar-refractivity contribution in [3.8, 4) is 0 Å². The molecule has 2 aromatic heterocycles. The number of nitrogens with zero attached hydrogens (tertiary/aromatic N) is 2. The van der Waals surface area contributed by atoms with Crippen LogP contribution in [-0.2, 0) is 7.05 Å². The maximum atomic E-state index is 11.4. The van der Waals surface area contributed by atoms with Crippen LogP contribution in [0, 0.1) is 0 Å². The van der Waals surface area contributed by atoms with E-state index in [9.17, 15) is 4.79 Å². The third kappa shape index (κ3) is 0.747. The summed E-state index contributed by atoms with van der Waals surface area (Å²) in [6, 6.07) is 3.55. The van der Waals surface area contributed by atoms with Gasteiger partial charge in [0.15, 0.2) is 0 Å². The predicted molar refractivity (Wildman–Crippen MR) is 47.1 cm³/mol. The Hall–Kier alpha value is -1.71. The number of nitrogen functional groups attached to an aromatic ring is 1. The van der Waals surface area contributed by atoms with Crippen LogP contribution in [0.25, 0.3) is 5.52 Å². The molecular formula is C8H9N3O. The quantitative estimate of drug-likeness (QED) is 0.604. The van der Waals surface area contributed by atoms with Crippen LogP contribution in [0.15, 0.2) is 29.3 Å². The van der Waals surface area contributed by atoms with Crippen molar-refractivity contribution >= 4 is 11.3 Å². The zero-order chi connectivity index (χ0) is 8.72. The Labute approximate surface area is 68.8 Å². The highest BCUT2D eigenvalue weighted by Crippen LogP contribution is 2.04. The molecule has 0 saturated carbocycles. The van der Waals surface area contributed by atoms with Gasteiger partial charge in [0, 0.05) is 19.4 Å². The summed E-state index contributed by atoms with van der Waals surface area (Å²) in [6.07, 6.45) is 3.38. The highest BCUT2D eigenvalue weighted by atomic mass is 16.1. The van der Waals surface area contributed by atoms with Crippen molar-refractivity contribution in [2.45, 2.75) is 0 Å². The molecule has 0 bridgehead atoms. The Balaban J connectivity index is 3.07. The molecule has 2 aromatic rings. The van der Waals surface area contributed by atoms with Crippen LogP contribution in [0.4, 0.5) is 5.82 Å². The molecule has 4 nitrogen and oxygen atoms in total. The van der Waals surface area contributed by atoms with Gasteiger partial charge in [0.2, 0.25) is 0 Å². The minimum Gasteiger partial charge on any atom is -0.384 e. The Kier molecular flexibility index (Phi) is 1.24. The molecule has 0 aliphatic carbocycles. The van der Waals surface area contributed by atoms with Gasteiger partial charge in [-0.25, -0.2) is 0 Å². The lowest BCUT2D eigenvalue weighted by molar-refractivity contribution is 0.852. The van der Waals surface area contributed by atoms with Crippen molar-refractivity contribution in [1.29, 1.82) is 0 Å². The van der Waals surface area contributed by atoms with Gasteiger partial charge in [-0.05, 0) is 12.1 Å². The number of rotatable bonds is 0. The van der Waals surface area contributed by atoms with Crippen LogP contribution in [-0.4, -0.2) is 8.97 Å². The molecule has 62 valence electrons. The molecule has 0 spiro atoms. The lowest BCUT2D eigenvalue weighted by Gasteiger charge is -2.02. The van der Waals surface area contributed by atoms with Gasteiger partial charge >= 0.3 is 0 Å². The fourth-order valence-corrected chi connectivity index (χ4v) is 1.28. The summed E-state index contributed by atoms with van der Waals surface area (Å²) in [5.41, 5.74) is 6.25. The van der Waals surface area contributed by atoms with E-state index in [0.717, 1.165) is 0 Å². The van der Waals surface area contributed by atoms with E-state index < -0.39 is 0 Å². The van der Waals surface area contributed by atoms with E-state index in [1.807, 2.05) is 0 Å². The molecule has 0 aliphatic rings. The summed E-state index contributed by atoms with van der Waals surface area (Å²) >= 11 is 0. The normalized spacial score (nSPS) is 10.8. The molecule has 0 radical (unpaired) electrons. The molecule has 0 atom stereocenters. The lowest BCUT2D eigenvalue weighted by Crippen LogP contribution is -2.19. The van der Waals surface area contributed by atoms with E-state index in [0.29, 0.717) is 11.3 Å². The Morgan fingerprint density at radius 1 is 1.50 bits per heavy atom. The van der Waals surface area contributed by atoms with Crippen molar-refractivity contribution in [2.24, 2.45) is 7.05 Å². The summed E-state index contributed by atoms with van der Waals surface area (Å²) < 4.78 is 3.15. The van der Waals surface area contributed by atoms with Crippen LogP contribution in [0.5, 0.6) is 0 Å². The zero-order valence-electron chi connectivity index (χ0n) is 6.69. The fraction of sp³-hybridized carbons (Fsp3) is 0.125. The van der Waals surface area contributed by atoms with E-state index in [4.69, 9.17) is 5.73 Å². The predicted octanol–water partition coefficient (Wildman–Crippen LogP) is 0.220. The fourth-order valence-electron chi connectivity index (χ4n) is 1.28. The van der Waals surface area contributed by atoms with Crippen LogP contribution < -0.4 is 11.3 Å². The SMILES string of the molecule is Cn1cc(N)n2cccc2c1=O. The van der Waals surface area contributed by atoms with E-state index in [1.165, 1.54) is 4.57 Å². The second kappa shape index (κ2) is 2.14. The Bertz CT molecular complexity index is 480. The van der Waals surface area contributed by atoms with Crippen LogP contribution in [0.3, 0.4) is 0 Å². The number of aryl methyl sites for hydroxylation is 1.